The number of nitrogens with zero attached hydrogens (tertiary/aromatic N) is 2. The van der Waals surface area contributed by atoms with Crippen LogP contribution in [0.15, 0.2) is 24.4 Å². The molecule has 0 saturated heterocycles. The Kier molecular flexibility index (Phi) is 4.94. The summed E-state index contributed by atoms with van der Waals surface area (Å²) in [6, 6.07) is 6.11. The van der Waals surface area contributed by atoms with Crippen LogP contribution in [0.3, 0.4) is 0 Å². The third kappa shape index (κ3) is 4.29. The third-order valence-corrected chi connectivity index (χ3v) is 4.22. The van der Waals surface area contributed by atoms with E-state index < -0.39 is 0 Å². The van der Waals surface area contributed by atoms with Crippen molar-refractivity contribution in [1.29, 1.82) is 0 Å². The quantitative estimate of drug-likeness (QED) is 0.886. The van der Waals surface area contributed by atoms with Gasteiger partial charge in [-0.15, -0.1) is 0 Å². The molecule has 1 fully saturated rings. The molecule has 2 atom stereocenters. The number of hydrogen-bond acceptors (Lipinski definition) is 3. The van der Waals surface area contributed by atoms with E-state index >= 15 is 0 Å². The zero-order chi connectivity index (χ0) is 13.7. The highest BCUT2D eigenvalue weighted by molar-refractivity contribution is 5.04. The van der Waals surface area contributed by atoms with Crippen LogP contribution in [0.5, 0.6) is 0 Å². The first kappa shape index (κ1) is 14.5. The standard InChI is InChI=1S/C16H27N3/c1-3-19(12-15-8-4-5-10-18-15)13-16(17)9-6-7-14(2)11-16/h4-5,8,10,14H,3,6-7,9,11-13,17H2,1-2H3. The number of pyridine rings is 1. The van der Waals surface area contributed by atoms with Gasteiger partial charge >= 0.3 is 0 Å². The van der Waals surface area contributed by atoms with Crippen LogP contribution >= 0.6 is 0 Å². The Morgan fingerprint density at radius 1 is 1.47 bits per heavy atom. The zero-order valence-corrected chi connectivity index (χ0v) is 12.3. The number of aromatic nitrogens is 1. The number of nitrogens with two attached hydrogens (primary N) is 1. The minimum Gasteiger partial charge on any atom is -0.324 e. The van der Waals surface area contributed by atoms with E-state index in [1.165, 1.54) is 12.8 Å². The molecule has 0 radical (unpaired) electrons. The molecule has 19 heavy (non-hydrogen) atoms. The van der Waals surface area contributed by atoms with E-state index in [0.29, 0.717) is 0 Å². The van der Waals surface area contributed by atoms with Gasteiger partial charge < -0.3 is 5.73 Å². The van der Waals surface area contributed by atoms with Gasteiger partial charge in [0.05, 0.1) is 5.69 Å². The lowest BCUT2D eigenvalue weighted by Gasteiger charge is -2.40. The Morgan fingerprint density at radius 3 is 2.95 bits per heavy atom. The maximum absolute atomic E-state index is 6.62. The topological polar surface area (TPSA) is 42.2 Å². The molecule has 0 aliphatic heterocycles. The molecule has 1 aliphatic carbocycles. The van der Waals surface area contributed by atoms with Crippen molar-refractivity contribution in [2.45, 2.75) is 51.6 Å². The summed E-state index contributed by atoms with van der Waals surface area (Å²) in [5.41, 5.74) is 7.76. The van der Waals surface area contributed by atoms with Gasteiger partial charge in [-0.05, 0) is 37.4 Å². The second-order valence-electron chi connectivity index (χ2n) is 6.19. The van der Waals surface area contributed by atoms with Crippen LogP contribution in [0, 0.1) is 5.92 Å². The van der Waals surface area contributed by atoms with Crippen LogP contribution in [-0.4, -0.2) is 28.5 Å². The number of likely N-dealkylation sites (N-methyl/N-ethyl adjacent to an activating group) is 1. The Hall–Kier alpha value is -0.930. The molecule has 0 amide bonds. The average molecular weight is 261 g/mol. The molecule has 2 unspecified atom stereocenters. The molecular formula is C16H27N3. The maximum Gasteiger partial charge on any atom is 0.0543 e. The molecule has 106 valence electrons. The zero-order valence-electron chi connectivity index (χ0n) is 12.3. The normalized spacial score (nSPS) is 27.7. The highest BCUT2D eigenvalue weighted by Gasteiger charge is 2.32. The monoisotopic (exact) mass is 261 g/mol. The van der Waals surface area contributed by atoms with E-state index in [-0.39, 0.29) is 5.54 Å². The van der Waals surface area contributed by atoms with Gasteiger partial charge in [0.2, 0.25) is 0 Å². The summed E-state index contributed by atoms with van der Waals surface area (Å²) < 4.78 is 0. The molecular weight excluding hydrogens is 234 g/mol. The third-order valence-electron chi connectivity index (χ3n) is 4.22. The second kappa shape index (κ2) is 6.49. The highest BCUT2D eigenvalue weighted by Crippen LogP contribution is 2.31. The Labute approximate surface area is 117 Å². The first-order chi connectivity index (χ1) is 9.11. The van der Waals surface area contributed by atoms with E-state index in [4.69, 9.17) is 5.73 Å². The molecule has 3 nitrogen and oxygen atoms in total. The summed E-state index contributed by atoms with van der Waals surface area (Å²) >= 11 is 0. The van der Waals surface area contributed by atoms with Crippen LogP contribution in [0.1, 0.15) is 45.2 Å². The molecule has 0 aromatic carbocycles. The van der Waals surface area contributed by atoms with Crippen molar-refractivity contribution < 1.29 is 0 Å². The molecule has 0 bridgehead atoms. The summed E-state index contributed by atoms with van der Waals surface area (Å²) in [6.45, 7) is 7.47. The smallest absolute Gasteiger partial charge is 0.0543 e. The second-order valence-corrected chi connectivity index (χ2v) is 6.19. The Balaban J connectivity index is 1.95. The molecule has 1 aliphatic rings. The molecule has 1 aromatic rings. The van der Waals surface area contributed by atoms with Crippen LogP contribution in [0.4, 0.5) is 0 Å². The Morgan fingerprint density at radius 2 is 2.32 bits per heavy atom. The van der Waals surface area contributed by atoms with E-state index in [1.807, 2.05) is 12.3 Å². The Bertz CT molecular complexity index is 379. The SMILES string of the molecule is CCN(Cc1ccccn1)CC1(N)CCCC(C)C1. The molecule has 1 saturated carbocycles. The number of rotatable bonds is 5. The van der Waals surface area contributed by atoms with Crippen molar-refractivity contribution in [2.75, 3.05) is 13.1 Å². The minimum atomic E-state index is 0.00244. The summed E-state index contributed by atoms with van der Waals surface area (Å²) in [7, 11) is 0. The lowest BCUT2D eigenvalue weighted by atomic mass is 9.77. The van der Waals surface area contributed by atoms with Gasteiger partial charge in [-0.2, -0.15) is 0 Å². The fourth-order valence-corrected chi connectivity index (χ4v) is 3.29. The van der Waals surface area contributed by atoms with Crippen LogP contribution in [0.2, 0.25) is 0 Å². The van der Waals surface area contributed by atoms with E-state index in [2.05, 4.69) is 35.9 Å². The first-order valence-electron chi connectivity index (χ1n) is 7.52. The molecule has 3 heteroatoms. The fraction of sp³-hybridized carbons (Fsp3) is 0.688. The summed E-state index contributed by atoms with van der Waals surface area (Å²) in [6.07, 6.45) is 6.80. The van der Waals surface area contributed by atoms with Crippen LogP contribution in [-0.2, 0) is 6.54 Å². The van der Waals surface area contributed by atoms with E-state index in [1.54, 1.807) is 0 Å². The average Bonchev–Trinajstić information content (AvgIpc) is 2.38. The maximum atomic E-state index is 6.62. The summed E-state index contributed by atoms with van der Waals surface area (Å²) in [5, 5.41) is 0. The van der Waals surface area contributed by atoms with Gasteiger partial charge in [0.15, 0.2) is 0 Å². The van der Waals surface area contributed by atoms with Gasteiger partial charge in [0.25, 0.3) is 0 Å². The minimum absolute atomic E-state index is 0.00244. The molecule has 1 aromatic heterocycles. The number of hydrogen-bond donors (Lipinski definition) is 1. The molecule has 2 rings (SSSR count). The van der Waals surface area contributed by atoms with Gasteiger partial charge in [-0.1, -0.05) is 32.8 Å². The summed E-state index contributed by atoms with van der Waals surface area (Å²) in [4.78, 5) is 6.85. The predicted molar refractivity (Wildman–Crippen MR) is 79.7 cm³/mol. The van der Waals surface area contributed by atoms with Crippen molar-refractivity contribution >= 4 is 0 Å². The summed E-state index contributed by atoms with van der Waals surface area (Å²) in [5.74, 6) is 0.771. The van der Waals surface area contributed by atoms with Crippen LogP contribution in [0.25, 0.3) is 0 Å². The molecule has 1 heterocycles. The van der Waals surface area contributed by atoms with Gasteiger partial charge in [0.1, 0.15) is 0 Å². The fourth-order valence-electron chi connectivity index (χ4n) is 3.29. The van der Waals surface area contributed by atoms with E-state index in [9.17, 15) is 0 Å². The van der Waals surface area contributed by atoms with Gasteiger partial charge in [-0.3, -0.25) is 9.88 Å². The van der Waals surface area contributed by atoms with Crippen molar-refractivity contribution in [1.82, 2.24) is 9.88 Å². The molecule has 0 spiro atoms. The van der Waals surface area contributed by atoms with Gasteiger partial charge in [0, 0.05) is 24.8 Å². The largest absolute Gasteiger partial charge is 0.324 e. The lowest BCUT2D eigenvalue weighted by molar-refractivity contribution is 0.149. The van der Waals surface area contributed by atoms with Crippen molar-refractivity contribution in [3.05, 3.63) is 30.1 Å². The molecule has 2 N–H and O–H groups in total. The van der Waals surface area contributed by atoms with Gasteiger partial charge in [-0.25, -0.2) is 0 Å². The highest BCUT2D eigenvalue weighted by atomic mass is 15.1. The van der Waals surface area contributed by atoms with Crippen molar-refractivity contribution in [3.8, 4) is 0 Å². The van der Waals surface area contributed by atoms with Crippen molar-refractivity contribution in [3.63, 3.8) is 0 Å². The van der Waals surface area contributed by atoms with Crippen LogP contribution < -0.4 is 5.73 Å². The van der Waals surface area contributed by atoms with E-state index in [0.717, 1.165) is 44.1 Å². The lowest BCUT2D eigenvalue weighted by Crippen LogP contribution is -2.52. The first-order valence-corrected chi connectivity index (χ1v) is 7.52. The predicted octanol–water partition coefficient (Wildman–Crippen LogP) is 2.81. The van der Waals surface area contributed by atoms with Crippen molar-refractivity contribution in [2.24, 2.45) is 11.7 Å².